The number of amides is 1. The van der Waals surface area contributed by atoms with Crippen LogP contribution in [0.15, 0.2) is 40.9 Å². The second kappa shape index (κ2) is 8.22. The molecule has 0 aliphatic heterocycles. The molecule has 0 atom stereocenters. The molecule has 0 heterocycles. The van der Waals surface area contributed by atoms with Gasteiger partial charge < -0.3 is 9.47 Å². The molecule has 1 amide bonds. The second-order valence-corrected chi connectivity index (χ2v) is 6.05. The van der Waals surface area contributed by atoms with Crippen LogP contribution in [0.2, 0.25) is 5.02 Å². The summed E-state index contributed by atoms with van der Waals surface area (Å²) in [5.74, 6) is 0.601. The molecule has 0 bridgehead atoms. The zero-order valence-corrected chi connectivity index (χ0v) is 15.2. The predicted octanol–water partition coefficient (Wildman–Crippen LogP) is 5.42. The summed E-state index contributed by atoms with van der Waals surface area (Å²) in [7, 11) is 1.32. The molecule has 0 spiro atoms. The van der Waals surface area contributed by atoms with E-state index in [0.29, 0.717) is 16.5 Å². The second-order valence-electron chi connectivity index (χ2n) is 4.79. The maximum absolute atomic E-state index is 11.4. The summed E-state index contributed by atoms with van der Waals surface area (Å²) in [6.07, 6.45) is 0.381. The molecular weight excluding hydrogens is 382 g/mol. The van der Waals surface area contributed by atoms with E-state index in [-0.39, 0.29) is 6.61 Å². The molecule has 0 saturated heterocycles. The van der Waals surface area contributed by atoms with E-state index in [4.69, 9.17) is 16.3 Å². The summed E-state index contributed by atoms with van der Waals surface area (Å²) >= 11 is 9.70. The molecule has 23 heavy (non-hydrogen) atoms. The highest BCUT2D eigenvalue weighted by Crippen LogP contribution is 2.30. The first-order chi connectivity index (χ1) is 11.0. The Bertz CT molecular complexity index is 706. The average Bonchev–Trinajstić information content (AvgIpc) is 2.55. The summed E-state index contributed by atoms with van der Waals surface area (Å²) in [6.45, 7) is 2.32. The van der Waals surface area contributed by atoms with Crippen molar-refractivity contribution in [3.8, 4) is 5.75 Å². The van der Waals surface area contributed by atoms with Crippen molar-refractivity contribution in [2.45, 2.75) is 20.0 Å². The van der Waals surface area contributed by atoms with Crippen LogP contribution in [0.1, 0.15) is 18.1 Å². The van der Waals surface area contributed by atoms with Crippen molar-refractivity contribution in [1.82, 2.24) is 0 Å². The number of benzene rings is 2. The number of methoxy groups -OCH3 is 1. The molecule has 0 fully saturated rings. The smallest absolute Gasteiger partial charge is 0.411 e. The quantitative estimate of drug-likeness (QED) is 0.731. The molecule has 6 heteroatoms. The average molecular weight is 399 g/mol. The number of hydrogen-bond acceptors (Lipinski definition) is 3. The van der Waals surface area contributed by atoms with Crippen LogP contribution in [-0.4, -0.2) is 13.2 Å². The molecule has 0 aliphatic carbocycles. The van der Waals surface area contributed by atoms with Crippen LogP contribution in [0, 0.1) is 0 Å². The molecule has 0 radical (unpaired) electrons. The summed E-state index contributed by atoms with van der Waals surface area (Å²) in [4.78, 5) is 11.4. The Morgan fingerprint density at radius 1 is 1.30 bits per heavy atom. The Labute approximate surface area is 148 Å². The van der Waals surface area contributed by atoms with Gasteiger partial charge in [-0.1, -0.05) is 46.6 Å². The molecule has 122 valence electrons. The van der Waals surface area contributed by atoms with Gasteiger partial charge in [0.15, 0.2) is 0 Å². The van der Waals surface area contributed by atoms with Crippen LogP contribution in [0.5, 0.6) is 5.75 Å². The van der Waals surface area contributed by atoms with Crippen molar-refractivity contribution in [3.05, 3.63) is 57.0 Å². The number of carbonyl (C=O) groups excluding carboxylic acids is 1. The minimum Gasteiger partial charge on any atom is -0.487 e. The van der Waals surface area contributed by atoms with Crippen molar-refractivity contribution >= 4 is 39.3 Å². The molecular formula is C17H17BrClNO3. The zero-order chi connectivity index (χ0) is 16.8. The van der Waals surface area contributed by atoms with Gasteiger partial charge in [0.25, 0.3) is 0 Å². The molecule has 2 aromatic carbocycles. The van der Waals surface area contributed by atoms with E-state index in [1.807, 2.05) is 30.3 Å². The van der Waals surface area contributed by atoms with Crippen molar-refractivity contribution in [1.29, 1.82) is 0 Å². The van der Waals surface area contributed by atoms with Crippen molar-refractivity contribution in [2.24, 2.45) is 0 Å². The number of hydrogen-bond donors (Lipinski definition) is 1. The van der Waals surface area contributed by atoms with Crippen molar-refractivity contribution < 1.29 is 14.3 Å². The Kier molecular flexibility index (Phi) is 6.30. The van der Waals surface area contributed by atoms with Crippen LogP contribution in [0.25, 0.3) is 0 Å². The molecule has 0 aromatic heterocycles. The van der Waals surface area contributed by atoms with Crippen molar-refractivity contribution in [3.63, 3.8) is 0 Å². The maximum Gasteiger partial charge on any atom is 0.411 e. The third-order valence-electron chi connectivity index (χ3n) is 3.32. The van der Waals surface area contributed by atoms with Crippen molar-refractivity contribution in [2.75, 3.05) is 12.4 Å². The molecule has 0 unspecified atom stereocenters. The number of anilines is 1. The number of carbonyl (C=O) groups is 1. The van der Waals surface area contributed by atoms with Gasteiger partial charge in [0.05, 0.1) is 17.8 Å². The van der Waals surface area contributed by atoms with Gasteiger partial charge in [-0.25, -0.2) is 4.79 Å². The van der Waals surface area contributed by atoms with Gasteiger partial charge in [0.2, 0.25) is 0 Å². The highest BCUT2D eigenvalue weighted by molar-refractivity contribution is 9.10. The lowest BCUT2D eigenvalue weighted by molar-refractivity contribution is 0.187. The monoisotopic (exact) mass is 397 g/mol. The first kappa shape index (κ1) is 17.6. The molecule has 4 nitrogen and oxygen atoms in total. The third kappa shape index (κ3) is 4.62. The number of rotatable bonds is 5. The highest BCUT2D eigenvalue weighted by Gasteiger charge is 2.12. The number of nitrogens with one attached hydrogen (secondary N) is 1. The van der Waals surface area contributed by atoms with E-state index in [2.05, 4.69) is 32.9 Å². The summed E-state index contributed by atoms with van der Waals surface area (Å²) in [6, 6.07) is 11.2. The number of ether oxygens (including phenoxy) is 2. The minimum absolute atomic E-state index is 0.256. The van der Waals surface area contributed by atoms with Crippen LogP contribution >= 0.6 is 27.5 Å². The standard InChI is InChI=1S/C17H17BrClNO3/c1-3-11-7-8-16(14(19)9-11)23-10-12-13(18)5-4-6-15(12)20-17(21)22-2/h4-9H,3,10H2,1-2H3,(H,20,21). The first-order valence-corrected chi connectivity index (χ1v) is 8.25. The van der Waals surface area contributed by atoms with Crippen LogP contribution in [0.3, 0.4) is 0 Å². The van der Waals surface area contributed by atoms with Gasteiger partial charge in [-0.3, -0.25) is 5.32 Å². The molecule has 2 aromatic rings. The lowest BCUT2D eigenvalue weighted by Crippen LogP contribution is -2.13. The fourth-order valence-corrected chi connectivity index (χ4v) is 2.75. The minimum atomic E-state index is -0.533. The maximum atomic E-state index is 11.4. The molecule has 0 saturated carbocycles. The van der Waals surface area contributed by atoms with E-state index in [0.717, 1.165) is 22.0 Å². The van der Waals surface area contributed by atoms with E-state index < -0.39 is 6.09 Å². The lowest BCUT2D eigenvalue weighted by atomic mass is 10.1. The first-order valence-electron chi connectivity index (χ1n) is 7.08. The Balaban J connectivity index is 2.18. The van der Waals surface area contributed by atoms with Crippen LogP contribution in [-0.2, 0) is 17.8 Å². The summed E-state index contributed by atoms with van der Waals surface area (Å²) in [5, 5.41) is 3.23. The Hall–Kier alpha value is -1.72. The Morgan fingerprint density at radius 2 is 2.09 bits per heavy atom. The summed E-state index contributed by atoms with van der Waals surface area (Å²) < 4.78 is 11.3. The van der Waals surface area contributed by atoms with Gasteiger partial charge in [0, 0.05) is 10.0 Å². The van der Waals surface area contributed by atoms with Crippen LogP contribution < -0.4 is 10.1 Å². The van der Waals surface area contributed by atoms with E-state index in [1.165, 1.54) is 7.11 Å². The van der Waals surface area contributed by atoms with Gasteiger partial charge in [-0.05, 0) is 36.2 Å². The normalized spacial score (nSPS) is 10.3. The van der Waals surface area contributed by atoms with E-state index >= 15 is 0 Å². The summed E-state index contributed by atoms with van der Waals surface area (Å²) in [5.41, 5.74) is 2.57. The van der Waals surface area contributed by atoms with Gasteiger partial charge >= 0.3 is 6.09 Å². The fourth-order valence-electron chi connectivity index (χ4n) is 2.01. The largest absolute Gasteiger partial charge is 0.487 e. The fraction of sp³-hybridized carbons (Fsp3) is 0.235. The SMILES string of the molecule is CCc1ccc(OCc2c(Br)cccc2NC(=O)OC)c(Cl)c1. The zero-order valence-electron chi connectivity index (χ0n) is 12.9. The number of halogens is 2. The Morgan fingerprint density at radius 3 is 2.74 bits per heavy atom. The van der Waals surface area contributed by atoms with Gasteiger partial charge in [-0.15, -0.1) is 0 Å². The highest BCUT2D eigenvalue weighted by atomic mass is 79.9. The van der Waals surface area contributed by atoms with E-state index in [9.17, 15) is 4.79 Å². The van der Waals surface area contributed by atoms with Crippen LogP contribution in [0.4, 0.5) is 10.5 Å². The lowest BCUT2D eigenvalue weighted by Gasteiger charge is -2.14. The molecule has 2 rings (SSSR count). The number of aryl methyl sites for hydroxylation is 1. The molecule has 1 N–H and O–H groups in total. The van der Waals surface area contributed by atoms with E-state index in [1.54, 1.807) is 6.07 Å². The van der Waals surface area contributed by atoms with Gasteiger partial charge in [-0.2, -0.15) is 0 Å². The molecule has 0 aliphatic rings. The van der Waals surface area contributed by atoms with Gasteiger partial charge in [0.1, 0.15) is 12.4 Å². The third-order valence-corrected chi connectivity index (χ3v) is 4.36. The predicted molar refractivity (Wildman–Crippen MR) is 95.3 cm³/mol. The topological polar surface area (TPSA) is 47.6 Å².